The Morgan fingerprint density at radius 2 is 2.11 bits per heavy atom. The lowest BCUT2D eigenvalue weighted by atomic mass is 10.1. The van der Waals surface area contributed by atoms with Crippen LogP contribution in [0.25, 0.3) is 10.2 Å². The van der Waals surface area contributed by atoms with Crippen LogP contribution >= 0.6 is 23.1 Å². The van der Waals surface area contributed by atoms with Gasteiger partial charge in [-0.2, -0.15) is 0 Å². The van der Waals surface area contributed by atoms with E-state index in [0.29, 0.717) is 5.56 Å². The second-order valence-corrected chi connectivity index (χ2v) is 6.95. The van der Waals surface area contributed by atoms with Crippen molar-refractivity contribution in [3.8, 4) is 0 Å². The maximum atomic E-state index is 11.9. The summed E-state index contributed by atoms with van der Waals surface area (Å²) in [6.07, 6.45) is 1.99. The molecule has 0 amide bonds. The smallest absolute Gasteiger partial charge is 0.338 e. The van der Waals surface area contributed by atoms with Crippen molar-refractivity contribution in [2.45, 2.75) is 30.7 Å². The maximum Gasteiger partial charge on any atom is 0.338 e. The van der Waals surface area contributed by atoms with Gasteiger partial charge in [-0.05, 0) is 45.2 Å². The van der Waals surface area contributed by atoms with Gasteiger partial charge in [0.05, 0.1) is 15.8 Å². The fraction of sp³-hybridized carbons (Fsp3) is 0.385. The summed E-state index contributed by atoms with van der Waals surface area (Å²) in [4.78, 5) is 16.4. The Balaban J connectivity index is 2.32. The highest BCUT2D eigenvalue weighted by atomic mass is 32.2. The highest BCUT2D eigenvalue weighted by molar-refractivity contribution is 8.00. The second kappa shape index (κ2) is 4.90. The molecule has 3 nitrogen and oxygen atoms in total. The number of carbonyl (C=O) groups excluding carboxylic acids is 1. The molecule has 2 aromatic rings. The van der Waals surface area contributed by atoms with Crippen molar-refractivity contribution >= 4 is 39.3 Å². The number of esters is 1. The molecule has 0 bridgehead atoms. The summed E-state index contributed by atoms with van der Waals surface area (Å²) in [7, 11) is 0. The van der Waals surface area contributed by atoms with E-state index in [4.69, 9.17) is 4.74 Å². The molecule has 0 spiro atoms. The molecule has 0 aliphatic carbocycles. The van der Waals surface area contributed by atoms with E-state index in [0.717, 1.165) is 14.6 Å². The number of ether oxygens (including phenoxy) is 1. The van der Waals surface area contributed by atoms with Gasteiger partial charge in [0, 0.05) is 0 Å². The third-order valence-corrected chi connectivity index (χ3v) is 4.18. The van der Waals surface area contributed by atoms with E-state index in [1.165, 1.54) is 0 Å². The van der Waals surface area contributed by atoms with Gasteiger partial charge in [0.1, 0.15) is 5.60 Å². The zero-order valence-electron chi connectivity index (χ0n) is 10.8. The average molecular weight is 281 g/mol. The van der Waals surface area contributed by atoms with Crippen LogP contribution in [-0.4, -0.2) is 22.8 Å². The number of thiazole rings is 1. The van der Waals surface area contributed by atoms with Gasteiger partial charge in [-0.15, -0.1) is 11.3 Å². The molecule has 1 aromatic heterocycles. The molecule has 18 heavy (non-hydrogen) atoms. The van der Waals surface area contributed by atoms with Crippen molar-refractivity contribution in [2.24, 2.45) is 0 Å². The minimum atomic E-state index is -0.468. The molecule has 2 rings (SSSR count). The molecule has 0 fully saturated rings. The number of fused-ring (bicyclic) bond motifs is 1. The molecule has 0 aliphatic rings. The normalized spacial score (nSPS) is 11.8. The molecular weight excluding hydrogens is 266 g/mol. The first-order valence-corrected chi connectivity index (χ1v) is 7.61. The number of nitrogens with zero attached hydrogens (tertiary/aromatic N) is 1. The van der Waals surface area contributed by atoms with Crippen LogP contribution in [0.4, 0.5) is 0 Å². The van der Waals surface area contributed by atoms with Crippen molar-refractivity contribution < 1.29 is 9.53 Å². The predicted molar refractivity (Wildman–Crippen MR) is 76.6 cm³/mol. The number of benzene rings is 1. The number of rotatable bonds is 2. The summed E-state index contributed by atoms with van der Waals surface area (Å²) in [5, 5.41) is 0. The topological polar surface area (TPSA) is 39.2 Å². The molecule has 0 unspecified atom stereocenters. The number of aromatic nitrogens is 1. The molecule has 0 atom stereocenters. The monoisotopic (exact) mass is 281 g/mol. The Labute approximate surface area is 115 Å². The van der Waals surface area contributed by atoms with Crippen LogP contribution in [0.5, 0.6) is 0 Å². The van der Waals surface area contributed by atoms with Crippen LogP contribution in [0.3, 0.4) is 0 Å². The quantitative estimate of drug-likeness (QED) is 0.616. The second-order valence-electron chi connectivity index (χ2n) is 4.87. The molecule has 0 N–H and O–H groups in total. The molecule has 0 saturated carbocycles. The fourth-order valence-electron chi connectivity index (χ4n) is 1.45. The Morgan fingerprint density at radius 3 is 2.72 bits per heavy atom. The highest BCUT2D eigenvalue weighted by Crippen LogP contribution is 2.29. The van der Waals surface area contributed by atoms with Gasteiger partial charge in [-0.1, -0.05) is 11.8 Å². The number of thioether (sulfide) groups is 1. The third-order valence-electron chi connectivity index (χ3n) is 2.18. The van der Waals surface area contributed by atoms with Crippen LogP contribution in [0.15, 0.2) is 22.5 Å². The Bertz CT molecular complexity index is 584. The summed E-state index contributed by atoms with van der Waals surface area (Å²) in [6, 6.07) is 5.48. The van der Waals surface area contributed by atoms with Crippen molar-refractivity contribution in [2.75, 3.05) is 6.26 Å². The van der Waals surface area contributed by atoms with E-state index >= 15 is 0 Å². The van der Waals surface area contributed by atoms with Gasteiger partial charge in [0.25, 0.3) is 0 Å². The Morgan fingerprint density at radius 1 is 1.39 bits per heavy atom. The summed E-state index contributed by atoms with van der Waals surface area (Å²) in [5.41, 5.74) is 1.04. The summed E-state index contributed by atoms with van der Waals surface area (Å²) in [5.74, 6) is -0.288. The van der Waals surface area contributed by atoms with E-state index in [1.54, 1.807) is 29.2 Å². The molecular formula is C13H15NO2S2. The van der Waals surface area contributed by atoms with Crippen molar-refractivity contribution in [3.05, 3.63) is 23.8 Å². The van der Waals surface area contributed by atoms with E-state index in [9.17, 15) is 4.79 Å². The first kappa shape index (κ1) is 13.4. The summed E-state index contributed by atoms with van der Waals surface area (Å²) < 4.78 is 7.37. The van der Waals surface area contributed by atoms with Gasteiger partial charge >= 0.3 is 5.97 Å². The van der Waals surface area contributed by atoms with E-state index in [-0.39, 0.29) is 5.97 Å². The van der Waals surface area contributed by atoms with Gasteiger partial charge in [0.2, 0.25) is 0 Å². The molecule has 0 radical (unpaired) electrons. The molecule has 5 heteroatoms. The standard InChI is InChI=1S/C13H15NO2S2/c1-13(2,3)16-11(15)8-5-6-9-10(7-8)18-12(14-9)17-4/h5-7H,1-4H3. The van der Waals surface area contributed by atoms with Crippen molar-refractivity contribution in [1.82, 2.24) is 4.98 Å². The minimum Gasteiger partial charge on any atom is -0.456 e. The van der Waals surface area contributed by atoms with Crippen molar-refractivity contribution in [3.63, 3.8) is 0 Å². The van der Waals surface area contributed by atoms with Gasteiger partial charge in [-0.25, -0.2) is 9.78 Å². The van der Waals surface area contributed by atoms with Crippen LogP contribution in [0, 0.1) is 0 Å². The van der Waals surface area contributed by atoms with E-state index in [1.807, 2.05) is 39.2 Å². The predicted octanol–water partition coefficient (Wildman–Crippen LogP) is 3.97. The van der Waals surface area contributed by atoms with Gasteiger partial charge in [-0.3, -0.25) is 0 Å². The Kier molecular flexibility index (Phi) is 3.64. The molecule has 0 aliphatic heterocycles. The third kappa shape index (κ3) is 3.03. The molecule has 1 aromatic carbocycles. The lowest BCUT2D eigenvalue weighted by Crippen LogP contribution is -2.23. The lowest BCUT2D eigenvalue weighted by Gasteiger charge is -2.19. The lowest BCUT2D eigenvalue weighted by molar-refractivity contribution is 0.00697. The summed E-state index contributed by atoms with van der Waals surface area (Å²) >= 11 is 3.20. The van der Waals surface area contributed by atoms with Gasteiger partial charge < -0.3 is 4.74 Å². The summed E-state index contributed by atoms with van der Waals surface area (Å²) in [6.45, 7) is 5.59. The first-order chi connectivity index (χ1) is 8.39. The van der Waals surface area contributed by atoms with Crippen LogP contribution in [0.2, 0.25) is 0 Å². The molecule has 0 saturated heterocycles. The average Bonchev–Trinajstić information content (AvgIpc) is 2.68. The van der Waals surface area contributed by atoms with Crippen LogP contribution < -0.4 is 0 Å². The van der Waals surface area contributed by atoms with Crippen molar-refractivity contribution in [1.29, 1.82) is 0 Å². The van der Waals surface area contributed by atoms with Gasteiger partial charge in [0.15, 0.2) is 4.34 Å². The number of hydrogen-bond donors (Lipinski definition) is 0. The zero-order chi connectivity index (χ0) is 13.3. The van der Waals surface area contributed by atoms with E-state index < -0.39 is 5.60 Å². The molecule has 1 heterocycles. The van der Waals surface area contributed by atoms with Crippen LogP contribution in [-0.2, 0) is 4.74 Å². The molecule has 96 valence electrons. The maximum absolute atomic E-state index is 11.9. The van der Waals surface area contributed by atoms with Crippen LogP contribution in [0.1, 0.15) is 31.1 Å². The SMILES string of the molecule is CSc1nc2ccc(C(=O)OC(C)(C)C)cc2s1. The first-order valence-electron chi connectivity index (χ1n) is 5.57. The fourth-order valence-corrected chi connectivity index (χ4v) is 2.98. The largest absolute Gasteiger partial charge is 0.456 e. The number of carbonyl (C=O) groups is 1. The highest BCUT2D eigenvalue weighted by Gasteiger charge is 2.18. The Hall–Kier alpha value is -1.07. The number of hydrogen-bond acceptors (Lipinski definition) is 5. The van der Waals surface area contributed by atoms with E-state index in [2.05, 4.69) is 4.98 Å². The zero-order valence-corrected chi connectivity index (χ0v) is 12.4. The minimum absolute atomic E-state index is 0.288.